The SMILES string of the molecule is CNC1CCN(Cc2cc(=O)n3cc(Br)ccc3n2)C1. The van der Waals surface area contributed by atoms with Crippen LogP contribution in [0.4, 0.5) is 0 Å². The third-order valence-corrected chi connectivity index (χ3v) is 4.21. The van der Waals surface area contributed by atoms with Crippen molar-refractivity contribution in [1.82, 2.24) is 19.6 Å². The minimum Gasteiger partial charge on any atom is -0.316 e. The molecule has 1 saturated heterocycles. The molecule has 0 radical (unpaired) electrons. The largest absolute Gasteiger partial charge is 0.316 e. The van der Waals surface area contributed by atoms with Gasteiger partial charge in [0.05, 0.1) is 5.69 Å². The second kappa shape index (κ2) is 5.63. The van der Waals surface area contributed by atoms with Crippen LogP contribution in [0.5, 0.6) is 0 Å². The van der Waals surface area contributed by atoms with Crippen LogP contribution < -0.4 is 10.9 Å². The molecule has 1 atom stereocenters. The fourth-order valence-electron chi connectivity index (χ4n) is 2.65. The highest BCUT2D eigenvalue weighted by Crippen LogP contribution is 2.13. The molecule has 0 spiro atoms. The van der Waals surface area contributed by atoms with Crippen LogP contribution in [0.25, 0.3) is 5.65 Å². The van der Waals surface area contributed by atoms with Gasteiger partial charge in [0.15, 0.2) is 0 Å². The van der Waals surface area contributed by atoms with Crippen LogP contribution in [0.3, 0.4) is 0 Å². The number of halogens is 1. The van der Waals surface area contributed by atoms with E-state index in [0.29, 0.717) is 11.7 Å². The standard InChI is InChI=1S/C14H17BrN4O/c1-16-11-4-5-18(8-11)9-12-6-14(20)19-7-10(15)2-3-13(19)17-12/h2-3,6-7,11,16H,4-5,8-9H2,1H3. The number of hydrogen-bond donors (Lipinski definition) is 1. The van der Waals surface area contributed by atoms with Gasteiger partial charge in [-0.05, 0) is 41.5 Å². The molecular formula is C14H17BrN4O. The summed E-state index contributed by atoms with van der Waals surface area (Å²) in [6, 6.07) is 5.94. The molecule has 1 aliphatic rings. The molecule has 3 heterocycles. The van der Waals surface area contributed by atoms with E-state index < -0.39 is 0 Å². The first-order chi connectivity index (χ1) is 9.65. The number of nitrogens with zero attached hydrogens (tertiary/aromatic N) is 3. The lowest BCUT2D eigenvalue weighted by molar-refractivity contribution is 0.318. The molecule has 106 valence electrons. The number of rotatable bonds is 3. The van der Waals surface area contributed by atoms with Gasteiger partial charge in [-0.1, -0.05) is 0 Å². The number of likely N-dealkylation sites (N-methyl/N-ethyl adjacent to an activating group) is 1. The first-order valence-corrected chi connectivity index (χ1v) is 7.52. The third kappa shape index (κ3) is 2.77. The van der Waals surface area contributed by atoms with E-state index in [9.17, 15) is 4.79 Å². The summed E-state index contributed by atoms with van der Waals surface area (Å²) in [5, 5.41) is 3.29. The molecule has 20 heavy (non-hydrogen) atoms. The summed E-state index contributed by atoms with van der Waals surface area (Å²) in [7, 11) is 1.99. The van der Waals surface area contributed by atoms with Gasteiger partial charge in [-0.25, -0.2) is 4.98 Å². The van der Waals surface area contributed by atoms with E-state index in [2.05, 4.69) is 31.1 Å². The highest BCUT2D eigenvalue weighted by molar-refractivity contribution is 9.10. The number of fused-ring (bicyclic) bond motifs is 1. The molecule has 1 fully saturated rings. The Morgan fingerprint density at radius 3 is 3.10 bits per heavy atom. The van der Waals surface area contributed by atoms with Gasteiger partial charge in [-0.2, -0.15) is 0 Å². The molecule has 0 aliphatic carbocycles. The topological polar surface area (TPSA) is 49.6 Å². The van der Waals surface area contributed by atoms with Gasteiger partial charge < -0.3 is 5.32 Å². The fourth-order valence-corrected chi connectivity index (χ4v) is 2.98. The molecule has 6 heteroatoms. The minimum atomic E-state index is -0.0318. The summed E-state index contributed by atoms with van der Waals surface area (Å²) >= 11 is 3.37. The van der Waals surface area contributed by atoms with Crippen LogP contribution in [-0.4, -0.2) is 40.5 Å². The van der Waals surface area contributed by atoms with Crippen molar-refractivity contribution in [2.75, 3.05) is 20.1 Å². The summed E-state index contributed by atoms with van der Waals surface area (Å²) < 4.78 is 2.44. The fraction of sp³-hybridized carbons (Fsp3) is 0.429. The van der Waals surface area contributed by atoms with E-state index >= 15 is 0 Å². The molecule has 0 bridgehead atoms. The maximum Gasteiger partial charge on any atom is 0.258 e. The van der Waals surface area contributed by atoms with E-state index in [4.69, 9.17) is 0 Å². The van der Waals surface area contributed by atoms with Crippen molar-refractivity contribution in [3.63, 3.8) is 0 Å². The van der Waals surface area contributed by atoms with Crippen LogP contribution in [0.1, 0.15) is 12.1 Å². The van der Waals surface area contributed by atoms with E-state index in [1.54, 1.807) is 16.7 Å². The summed E-state index contributed by atoms with van der Waals surface area (Å²) in [5.41, 5.74) is 1.50. The second-order valence-electron chi connectivity index (χ2n) is 5.17. The second-order valence-corrected chi connectivity index (χ2v) is 6.09. The van der Waals surface area contributed by atoms with Gasteiger partial charge in [0.1, 0.15) is 5.65 Å². The molecule has 2 aromatic rings. The molecule has 0 saturated carbocycles. The van der Waals surface area contributed by atoms with Crippen molar-refractivity contribution in [2.24, 2.45) is 0 Å². The minimum absolute atomic E-state index is 0.0318. The number of nitrogens with one attached hydrogen (secondary N) is 1. The van der Waals surface area contributed by atoms with Crippen molar-refractivity contribution < 1.29 is 0 Å². The predicted molar refractivity (Wildman–Crippen MR) is 81.9 cm³/mol. The molecule has 0 aromatic carbocycles. The summed E-state index contributed by atoms with van der Waals surface area (Å²) in [6.07, 6.45) is 2.90. The monoisotopic (exact) mass is 336 g/mol. The van der Waals surface area contributed by atoms with E-state index in [-0.39, 0.29) is 5.56 Å². The Labute approximate surface area is 125 Å². The number of hydrogen-bond acceptors (Lipinski definition) is 4. The molecule has 1 unspecified atom stereocenters. The number of likely N-dealkylation sites (tertiary alicyclic amines) is 1. The number of aromatic nitrogens is 2. The molecule has 2 aromatic heterocycles. The number of pyridine rings is 1. The van der Waals surface area contributed by atoms with Crippen molar-refractivity contribution in [2.45, 2.75) is 19.0 Å². The maximum absolute atomic E-state index is 12.1. The summed E-state index contributed by atoms with van der Waals surface area (Å²) in [4.78, 5) is 19.0. The lowest BCUT2D eigenvalue weighted by Crippen LogP contribution is -2.30. The molecule has 1 N–H and O–H groups in total. The van der Waals surface area contributed by atoms with Crippen LogP contribution >= 0.6 is 15.9 Å². The summed E-state index contributed by atoms with van der Waals surface area (Å²) in [6.45, 7) is 2.80. The van der Waals surface area contributed by atoms with Crippen molar-refractivity contribution in [1.29, 1.82) is 0 Å². The van der Waals surface area contributed by atoms with E-state index in [0.717, 1.165) is 36.2 Å². The van der Waals surface area contributed by atoms with Crippen LogP contribution in [-0.2, 0) is 6.54 Å². The average Bonchev–Trinajstić information content (AvgIpc) is 2.87. The average molecular weight is 337 g/mol. The zero-order chi connectivity index (χ0) is 14.1. The van der Waals surface area contributed by atoms with Gasteiger partial charge >= 0.3 is 0 Å². The highest BCUT2D eigenvalue weighted by Gasteiger charge is 2.21. The van der Waals surface area contributed by atoms with Crippen molar-refractivity contribution in [3.8, 4) is 0 Å². The molecule has 1 aliphatic heterocycles. The van der Waals surface area contributed by atoms with Gasteiger partial charge in [0.2, 0.25) is 0 Å². The summed E-state index contributed by atoms with van der Waals surface area (Å²) in [5.74, 6) is 0. The van der Waals surface area contributed by atoms with Gasteiger partial charge in [-0.15, -0.1) is 0 Å². The Bertz CT molecular complexity index is 684. The molecule has 5 nitrogen and oxygen atoms in total. The Morgan fingerprint density at radius 1 is 1.50 bits per heavy atom. The zero-order valence-electron chi connectivity index (χ0n) is 11.3. The van der Waals surface area contributed by atoms with Crippen molar-refractivity contribution >= 4 is 21.6 Å². The Hall–Kier alpha value is -1.24. The maximum atomic E-state index is 12.1. The van der Waals surface area contributed by atoms with Crippen LogP contribution in [0, 0.1) is 0 Å². The smallest absolute Gasteiger partial charge is 0.258 e. The first kappa shape index (κ1) is 13.7. The Kier molecular flexibility index (Phi) is 3.87. The molecule has 0 amide bonds. The van der Waals surface area contributed by atoms with Crippen LogP contribution in [0.2, 0.25) is 0 Å². The van der Waals surface area contributed by atoms with Gasteiger partial charge in [0.25, 0.3) is 5.56 Å². The Morgan fingerprint density at radius 2 is 2.35 bits per heavy atom. The van der Waals surface area contributed by atoms with Crippen LogP contribution in [0.15, 0.2) is 33.7 Å². The van der Waals surface area contributed by atoms with E-state index in [1.165, 1.54) is 0 Å². The first-order valence-electron chi connectivity index (χ1n) is 6.73. The van der Waals surface area contributed by atoms with Gasteiger partial charge in [-0.3, -0.25) is 14.1 Å². The predicted octanol–water partition coefficient (Wildman–Crippen LogP) is 1.25. The highest BCUT2D eigenvalue weighted by atomic mass is 79.9. The zero-order valence-corrected chi connectivity index (χ0v) is 12.9. The lowest BCUT2D eigenvalue weighted by Gasteiger charge is -2.15. The van der Waals surface area contributed by atoms with E-state index in [1.807, 2.05) is 19.2 Å². The molecular weight excluding hydrogens is 320 g/mol. The quantitative estimate of drug-likeness (QED) is 0.916. The lowest BCUT2D eigenvalue weighted by atomic mass is 10.3. The van der Waals surface area contributed by atoms with Gasteiger partial charge in [0, 0.05) is 42.4 Å². The van der Waals surface area contributed by atoms with Crippen molar-refractivity contribution in [3.05, 3.63) is 44.9 Å². The Balaban J connectivity index is 1.86. The molecule has 3 rings (SSSR count). The normalized spacial score (nSPS) is 19.8. The third-order valence-electron chi connectivity index (χ3n) is 3.74.